The third kappa shape index (κ3) is 3.98. The van der Waals surface area contributed by atoms with Crippen molar-refractivity contribution in [2.45, 2.75) is 39.3 Å². The molecule has 0 amide bonds. The van der Waals surface area contributed by atoms with Crippen LogP contribution in [0.3, 0.4) is 0 Å². The van der Waals surface area contributed by atoms with Crippen LogP contribution in [0.1, 0.15) is 31.2 Å². The van der Waals surface area contributed by atoms with E-state index in [0.717, 1.165) is 42.4 Å². The first-order chi connectivity index (χ1) is 8.10. The van der Waals surface area contributed by atoms with E-state index >= 15 is 0 Å². The van der Waals surface area contributed by atoms with Crippen LogP contribution in [0.5, 0.6) is 0 Å². The molecule has 1 N–H and O–H groups in total. The average Bonchev–Trinajstić information content (AvgIpc) is 2.51. The molecule has 0 saturated heterocycles. The van der Waals surface area contributed by atoms with Gasteiger partial charge < -0.3 is 10.1 Å². The highest BCUT2D eigenvalue weighted by Gasteiger charge is 2.13. The Kier molecular flexibility index (Phi) is 5.95. The second-order valence-electron chi connectivity index (χ2n) is 4.29. The van der Waals surface area contributed by atoms with Gasteiger partial charge in [0.15, 0.2) is 0 Å². The SMILES string of the molecule is CCCC(COC)NCc1c(Cl)c(C)nn1C. The zero-order chi connectivity index (χ0) is 12.8. The van der Waals surface area contributed by atoms with Crippen molar-refractivity contribution in [3.05, 3.63) is 16.4 Å². The lowest BCUT2D eigenvalue weighted by atomic mass is 10.2. The van der Waals surface area contributed by atoms with E-state index in [1.165, 1.54) is 0 Å². The molecule has 1 unspecified atom stereocenters. The largest absolute Gasteiger partial charge is 0.383 e. The summed E-state index contributed by atoms with van der Waals surface area (Å²) < 4.78 is 7.03. The van der Waals surface area contributed by atoms with E-state index < -0.39 is 0 Å². The lowest BCUT2D eigenvalue weighted by Gasteiger charge is -2.17. The summed E-state index contributed by atoms with van der Waals surface area (Å²) in [6, 6.07) is 0.372. The number of hydrogen-bond acceptors (Lipinski definition) is 3. The van der Waals surface area contributed by atoms with Gasteiger partial charge in [-0.05, 0) is 13.3 Å². The van der Waals surface area contributed by atoms with E-state index in [4.69, 9.17) is 16.3 Å². The van der Waals surface area contributed by atoms with Crippen LogP contribution >= 0.6 is 11.6 Å². The van der Waals surface area contributed by atoms with E-state index in [2.05, 4.69) is 17.3 Å². The molecule has 98 valence electrons. The first kappa shape index (κ1) is 14.5. The maximum absolute atomic E-state index is 6.20. The summed E-state index contributed by atoms with van der Waals surface area (Å²) in [6.45, 7) is 5.54. The lowest BCUT2D eigenvalue weighted by Crippen LogP contribution is -2.33. The number of nitrogens with one attached hydrogen (secondary N) is 1. The third-order valence-electron chi connectivity index (χ3n) is 2.82. The Balaban J connectivity index is 2.58. The highest BCUT2D eigenvalue weighted by Crippen LogP contribution is 2.19. The van der Waals surface area contributed by atoms with Crippen molar-refractivity contribution in [3.63, 3.8) is 0 Å². The van der Waals surface area contributed by atoms with Gasteiger partial charge in [0, 0.05) is 26.7 Å². The summed E-state index contributed by atoms with van der Waals surface area (Å²) in [5, 5.41) is 8.51. The van der Waals surface area contributed by atoms with E-state index in [9.17, 15) is 0 Å². The van der Waals surface area contributed by atoms with E-state index in [-0.39, 0.29) is 0 Å². The van der Waals surface area contributed by atoms with Gasteiger partial charge in [0.05, 0.1) is 23.0 Å². The van der Waals surface area contributed by atoms with Gasteiger partial charge in [-0.25, -0.2) is 0 Å². The van der Waals surface area contributed by atoms with E-state index in [1.807, 2.05) is 18.7 Å². The summed E-state index contributed by atoms with van der Waals surface area (Å²) in [4.78, 5) is 0. The molecular weight excluding hydrogens is 238 g/mol. The Bertz CT molecular complexity index is 346. The molecule has 0 bridgehead atoms. The smallest absolute Gasteiger partial charge is 0.0860 e. The Hall–Kier alpha value is -0.580. The molecule has 0 radical (unpaired) electrons. The van der Waals surface area contributed by atoms with Crippen LogP contribution < -0.4 is 5.32 Å². The molecule has 0 spiro atoms. The van der Waals surface area contributed by atoms with Gasteiger partial charge in [-0.15, -0.1) is 0 Å². The van der Waals surface area contributed by atoms with Crippen molar-refractivity contribution in [3.8, 4) is 0 Å². The minimum atomic E-state index is 0.372. The maximum atomic E-state index is 6.20. The van der Waals surface area contributed by atoms with Gasteiger partial charge in [-0.2, -0.15) is 5.10 Å². The highest BCUT2D eigenvalue weighted by atomic mass is 35.5. The van der Waals surface area contributed by atoms with Gasteiger partial charge in [0.1, 0.15) is 0 Å². The van der Waals surface area contributed by atoms with Crippen molar-refractivity contribution >= 4 is 11.6 Å². The maximum Gasteiger partial charge on any atom is 0.0860 e. The zero-order valence-corrected chi connectivity index (χ0v) is 11.8. The summed E-state index contributed by atoms with van der Waals surface area (Å²) in [7, 11) is 3.65. The number of hydrogen-bond donors (Lipinski definition) is 1. The van der Waals surface area contributed by atoms with Crippen LogP contribution in [0.25, 0.3) is 0 Å². The molecule has 0 aliphatic heterocycles. The molecule has 1 aromatic heterocycles. The van der Waals surface area contributed by atoms with Crippen molar-refractivity contribution in [2.75, 3.05) is 13.7 Å². The van der Waals surface area contributed by atoms with Crippen LogP contribution in [0.2, 0.25) is 5.02 Å². The number of aryl methyl sites for hydroxylation is 2. The van der Waals surface area contributed by atoms with Gasteiger partial charge in [0.25, 0.3) is 0 Å². The van der Waals surface area contributed by atoms with Gasteiger partial charge in [0.2, 0.25) is 0 Å². The summed E-state index contributed by atoms with van der Waals surface area (Å²) >= 11 is 6.20. The van der Waals surface area contributed by atoms with Crippen molar-refractivity contribution < 1.29 is 4.74 Å². The number of ether oxygens (including phenoxy) is 1. The lowest BCUT2D eigenvalue weighted by molar-refractivity contribution is 0.161. The van der Waals surface area contributed by atoms with Crippen LogP contribution in [0, 0.1) is 6.92 Å². The monoisotopic (exact) mass is 259 g/mol. The molecule has 5 heteroatoms. The highest BCUT2D eigenvalue weighted by molar-refractivity contribution is 6.31. The molecule has 1 rings (SSSR count). The normalized spacial score (nSPS) is 13.0. The topological polar surface area (TPSA) is 39.1 Å². The molecule has 0 aromatic carbocycles. The van der Waals surface area contributed by atoms with Crippen LogP contribution in [-0.4, -0.2) is 29.5 Å². The number of nitrogens with zero attached hydrogens (tertiary/aromatic N) is 2. The van der Waals surface area contributed by atoms with Crippen molar-refractivity contribution in [1.82, 2.24) is 15.1 Å². The molecule has 0 saturated carbocycles. The molecule has 4 nitrogen and oxygen atoms in total. The third-order valence-corrected chi connectivity index (χ3v) is 3.32. The molecule has 0 aliphatic rings. The molecule has 1 atom stereocenters. The Labute approximate surface area is 108 Å². The van der Waals surface area contributed by atoms with Gasteiger partial charge in [-0.1, -0.05) is 24.9 Å². The Morgan fingerprint density at radius 1 is 1.53 bits per heavy atom. The number of aromatic nitrogens is 2. The van der Waals surface area contributed by atoms with Crippen LogP contribution in [-0.2, 0) is 18.3 Å². The zero-order valence-electron chi connectivity index (χ0n) is 11.1. The molecular formula is C12H22ClN3O. The second-order valence-corrected chi connectivity index (χ2v) is 4.67. The minimum absolute atomic E-state index is 0.372. The molecule has 0 fully saturated rings. The molecule has 17 heavy (non-hydrogen) atoms. The first-order valence-corrected chi connectivity index (χ1v) is 6.38. The fraction of sp³-hybridized carbons (Fsp3) is 0.750. The quantitative estimate of drug-likeness (QED) is 0.817. The summed E-state index contributed by atoms with van der Waals surface area (Å²) in [6.07, 6.45) is 2.24. The first-order valence-electron chi connectivity index (χ1n) is 6.00. The average molecular weight is 260 g/mol. The van der Waals surface area contributed by atoms with E-state index in [1.54, 1.807) is 7.11 Å². The van der Waals surface area contributed by atoms with Crippen molar-refractivity contribution in [2.24, 2.45) is 7.05 Å². The van der Waals surface area contributed by atoms with Crippen LogP contribution in [0.4, 0.5) is 0 Å². The van der Waals surface area contributed by atoms with E-state index in [0.29, 0.717) is 6.04 Å². The predicted molar refractivity (Wildman–Crippen MR) is 70.4 cm³/mol. The Morgan fingerprint density at radius 2 is 2.24 bits per heavy atom. The predicted octanol–water partition coefficient (Wildman–Crippen LogP) is 2.29. The van der Waals surface area contributed by atoms with Gasteiger partial charge >= 0.3 is 0 Å². The fourth-order valence-electron chi connectivity index (χ4n) is 1.91. The van der Waals surface area contributed by atoms with Crippen molar-refractivity contribution in [1.29, 1.82) is 0 Å². The molecule has 0 aliphatic carbocycles. The standard InChI is InChI=1S/C12H22ClN3O/c1-5-6-10(8-17-4)14-7-11-12(13)9(2)15-16(11)3/h10,14H,5-8H2,1-4H3. The van der Waals surface area contributed by atoms with Gasteiger partial charge in [-0.3, -0.25) is 4.68 Å². The second kappa shape index (κ2) is 6.99. The minimum Gasteiger partial charge on any atom is -0.383 e. The Morgan fingerprint density at radius 3 is 2.71 bits per heavy atom. The summed E-state index contributed by atoms with van der Waals surface area (Å²) in [5.41, 5.74) is 1.91. The molecule has 1 heterocycles. The number of halogens is 1. The number of methoxy groups -OCH3 is 1. The molecule has 1 aromatic rings. The fourth-order valence-corrected chi connectivity index (χ4v) is 2.13. The summed E-state index contributed by atoms with van der Waals surface area (Å²) in [5.74, 6) is 0. The van der Waals surface area contributed by atoms with Crippen LogP contribution in [0.15, 0.2) is 0 Å². The number of rotatable bonds is 7.